The minimum atomic E-state index is -0.872. The maximum Gasteiger partial charge on any atom is 0.311 e. The lowest BCUT2D eigenvalue weighted by Gasteiger charge is -2.12. The quantitative estimate of drug-likeness (QED) is 0.177. The van der Waals surface area contributed by atoms with Crippen molar-refractivity contribution in [3.05, 3.63) is 94.7 Å². The second-order valence-electron chi connectivity index (χ2n) is 7.89. The van der Waals surface area contributed by atoms with Crippen LogP contribution in [0.2, 0.25) is 5.02 Å². The van der Waals surface area contributed by atoms with Crippen LogP contribution in [0.25, 0.3) is 17.0 Å². The number of hydrogen-bond acceptors (Lipinski definition) is 2. The summed E-state index contributed by atoms with van der Waals surface area (Å²) in [4.78, 5) is 12.0. The molecule has 0 saturated carbocycles. The maximum absolute atomic E-state index is 12.0. The average molecular weight is 546 g/mol. The molecule has 1 unspecified atom stereocenters. The van der Waals surface area contributed by atoms with E-state index in [1.807, 2.05) is 80.1 Å². The molecule has 1 N–H and O–H groups in total. The van der Waals surface area contributed by atoms with Gasteiger partial charge in [-0.15, -0.1) is 42.6 Å². The SMILES string of the molecule is C#C.C/C(CCl)=C(\C)n1nc(CC(C(=O)O)c2cccc(C)c2)cc1-c1cccc(Cl)c1.C=CCCl. The molecule has 2 aromatic carbocycles. The van der Waals surface area contributed by atoms with E-state index >= 15 is 0 Å². The molecule has 3 rings (SSSR count). The molecule has 0 aliphatic rings. The molecule has 36 heavy (non-hydrogen) atoms. The summed E-state index contributed by atoms with van der Waals surface area (Å²) >= 11 is 17.3. The Labute approximate surface area is 229 Å². The molecule has 0 fully saturated rings. The number of benzene rings is 2. The van der Waals surface area contributed by atoms with Crippen LogP contribution in [0.15, 0.2) is 72.8 Å². The van der Waals surface area contributed by atoms with Crippen molar-refractivity contribution in [2.24, 2.45) is 0 Å². The predicted octanol–water partition coefficient (Wildman–Crippen LogP) is 8.07. The molecule has 0 bridgehead atoms. The number of rotatable bonds is 8. The minimum absolute atomic E-state index is 0.284. The van der Waals surface area contributed by atoms with Gasteiger partial charge in [-0.3, -0.25) is 4.79 Å². The number of carboxylic acids is 1. The Morgan fingerprint density at radius 3 is 2.31 bits per heavy atom. The van der Waals surface area contributed by atoms with Gasteiger partial charge in [0.15, 0.2) is 0 Å². The third-order valence-corrected chi connectivity index (χ3v) is 6.14. The summed E-state index contributed by atoms with van der Waals surface area (Å²) in [6, 6.07) is 17.1. The maximum atomic E-state index is 12.0. The summed E-state index contributed by atoms with van der Waals surface area (Å²) in [5.74, 6) is -0.612. The Hall–Kier alpha value is -2.97. The molecule has 0 amide bonds. The summed E-state index contributed by atoms with van der Waals surface area (Å²) in [6.07, 6.45) is 9.92. The Morgan fingerprint density at radius 1 is 1.14 bits per heavy atom. The lowest BCUT2D eigenvalue weighted by Crippen LogP contribution is -2.15. The molecule has 0 aliphatic carbocycles. The predicted molar refractivity (Wildman–Crippen MR) is 154 cm³/mol. The fourth-order valence-corrected chi connectivity index (χ4v) is 3.74. The highest BCUT2D eigenvalue weighted by Crippen LogP contribution is 2.29. The van der Waals surface area contributed by atoms with Crippen LogP contribution in [0.3, 0.4) is 0 Å². The van der Waals surface area contributed by atoms with Gasteiger partial charge in [0.2, 0.25) is 0 Å². The number of terminal acetylenes is 1. The van der Waals surface area contributed by atoms with Gasteiger partial charge < -0.3 is 5.11 Å². The van der Waals surface area contributed by atoms with Gasteiger partial charge >= 0.3 is 5.97 Å². The van der Waals surface area contributed by atoms with E-state index in [9.17, 15) is 9.90 Å². The van der Waals surface area contributed by atoms with Crippen LogP contribution in [-0.2, 0) is 11.2 Å². The number of allylic oxidation sites excluding steroid dienone is 3. The minimum Gasteiger partial charge on any atom is -0.481 e. The normalized spacial score (nSPS) is 11.7. The summed E-state index contributed by atoms with van der Waals surface area (Å²) in [5, 5.41) is 15.2. The Kier molecular flexibility index (Phi) is 13.7. The van der Waals surface area contributed by atoms with Crippen molar-refractivity contribution in [3.63, 3.8) is 0 Å². The molecular weight excluding hydrogens is 515 g/mol. The van der Waals surface area contributed by atoms with Gasteiger partial charge in [0.05, 0.1) is 17.3 Å². The molecule has 1 aromatic heterocycles. The Balaban J connectivity index is 0.000000982. The van der Waals surface area contributed by atoms with Crippen LogP contribution >= 0.6 is 34.8 Å². The summed E-state index contributed by atoms with van der Waals surface area (Å²) in [6.45, 7) is 9.22. The highest BCUT2D eigenvalue weighted by Gasteiger charge is 2.23. The number of carboxylic acid groups (broad SMARTS) is 1. The first-order valence-electron chi connectivity index (χ1n) is 11.1. The van der Waals surface area contributed by atoms with Crippen LogP contribution in [0.4, 0.5) is 0 Å². The number of aliphatic carboxylic acids is 1. The van der Waals surface area contributed by atoms with Crippen LogP contribution in [0.1, 0.15) is 36.6 Å². The molecule has 7 heteroatoms. The van der Waals surface area contributed by atoms with Crippen molar-refractivity contribution in [2.75, 3.05) is 11.8 Å². The van der Waals surface area contributed by atoms with Gasteiger partial charge in [0.25, 0.3) is 0 Å². The van der Waals surface area contributed by atoms with Crippen molar-refractivity contribution < 1.29 is 9.90 Å². The second-order valence-corrected chi connectivity index (χ2v) is 8.91. The van der Waals surface area contributed by atoms with Crippen molar-refractivity contribution >= 4 is 46.5 Å². The third kappa shape index (κ3) is 8.91. The fourth-order valence-electron chi connectivity index (χ4n) is 3.36. The van der Waals surface area contributed by atoms with Crippen LogP contribution in [0.5, 0.6) is 0 Å². The first-order chi connectivity index (χ1) is 17.2. The second kappa shape index (κ2) is 15.9. The molecule has 3 aromatic rings. The number of carbonyl (C=O) groups is 1. The van der Waals surface area contributed by atoms with E-state index < -0.39 is 11.9 Å². The Morgan fingerprint density at radius 2 is 1.78 bits per heavy atom. The fraction of sp³-hybridized carbons (Fsp3) is 0.241. The van der Waals surface area contributed by atoms with E-state index in [-0.39, 0.29) is 6.42 Å². The average Bonchev–Trinajstić information content (AvgIpc) is 3.31. The van der Waals surface area contributed by atoms with Crippen molar-refractivity contribution in [1.82, 2.24) is 9.78 Å². The lowest BCUT2D eigenvalue weighted by molar-refractivity contribution is -0.138. The van der Waals surface area contributed by atoms with Gasteiger partial charge in [0.1, 0.15) is 0 Å². The number of halogens is 3. The number of aromatic nitrogens is 2. The van der Waals surface area contributed by atoms with Gasteiger partial charge in [-0.05, 0) is 50.1 Å². The first-order valence-corrected chi connectivity index (χ1v) is 12.5. The first kappa shape index (κ1) is 31.1. The van der Waals surface area contributed by atoms with Crippen molar-refractivity contribution in [3.8, 4) is 24.1 Å². The molecule has 0 aliphatic heterocycles. The number of aryl methyl sites for hydroxylation is 1. The van der Waals surface area contributed by atoms with Gasteiger partial charge in [0, 0.05) is 34.5 Å². The number of hydrogen-bond donors (Lipinski definition) is 1. The standard InChI is InChI=1S/C24H24Cl2N2O2.C3H5Cl.C2H2/c1-15-6-4-7-18(10-15)22(24(29)30)12-21-13-23(19-8-5-9-20(26)11-19)28(27-21)17(3)16(2)14-25;1-2-3-4;1-2/h4-11,13,22H,12,14H2,1-3H3,(H,29,30);2H,1,3H2;1-2H/b17-16-;;. The largest absolute Gasteiger partial charge is 0.481 e. The molecule has 190 valence electrons. The summed E-state index contributed by atoms with van der Waals surface area (Å²) in [5.41, 5.74) is 6.15. The molecular formula is C29H31Cl3N2O2. The van der Waals surface area contributed by atoms with Gasteiger partial charge in [-0.2, -0.15) is 5.10 Å². The van der Waals surface area contributed by atoms with E-state index in [2.05, 4.69) is 19.4 Å². The molecule has 4 nitrogen and oxygen atoms in total. The highest BCUT2D eigenvalue weighted by molar-refractivity contribution is 6.30. The van der Waals surface area contributed by atoms with Crippen molar-refractivity contribution in [2.45, 2.75) is 33.1 Å². The van der Waals surface area contributed by atoms with Crippen molar-refractivity contribution in [1.29, 1.82) is 0 Å². The zero-order valence-corrected chi connectivity index (χ0v) is 23.0. The van der Waals surface area contributed by atoms with Crippen LogP contribution in [-0.4, -0.2) is 32.6 Å². The highest BCUT2D eigenvalue weighted by atomic mass is 35.5. The monoisotopic (exact) mass is 544 g/mol. The molecule has 1 atom stereocenters. The van der Waals surface area contributed by atoms with E-state index in [1.165, 1.54) is 0 Å². The number of nitrogens with zero attached hydrogens (tertiary/aromatic N) is 2. The zero-order valence-electron chi connectivity index (χ0n) is 20.7. The van der Waals surface area contributed by atoms with E-state index in [1.54, 1.807) is 6.08 Å². The lowest BCUT2D eigenvalue weighted by atomic mass is 9.93. The van der Waals surface area contributed by atoms with E-state index in [0.717, 1.165) is 33.7 Å². The number of alkyl halides is 2. The summed E-state index contributed by atoms with van der Waals surface area (Å²) < 4.78 is 1.83. The molecule has 0 radical (unpaired) electrons. The zero-order chi connectivity index (χ0) is 27.3. The summed E-state index contributed by atoms with van der Waals surface area (Å²) in [7, 11) is 0. The van der Waals surface area contributed by atoms with Crippen LogP contribution in [0, 0.1) is 19.8 Å². The third-order valence-electron chi connectivity index (χ3n) is 5.28. The van der Waals surface area contributed by atoms with E-state index in [4.69, 9.17) is 39.9 Å². The Bertz CT molecular complexity index is 1210. The van der Waals surface area contributed by atoms with E-state index in [0.29, 0.717) is 22.5 Å². The topological polar surface area (TPSA) is 55.1 Å². The van der Waals surface area contributed by atoms with Gasteiger partial charge in [-0.1, -0.05) is 59.6 Å². The smallest absolute Gasteiger partial charge is 0.311 e. The molecule has 0 spiro atoms. The molecule has 1 heterocycles. The van der Waals surface area contributed by atoms with Crippen LogP contribution < -0.4 is 0 Å². The van der Waals surface area contributed by atoms with Gasteiger partial charge in [-0.25, -0.2) is 4.68 Å². The molecule has 0 saturated heterocycles.